The SMILES string of the molecule is Cc1ccc(NC(=O)c2ccc(CN=C(N)N)cc2)cc1.Cl. The fourth-order valence-corrected chi connectivity index (χ4v) is 1.78. The average Bonchev–Trinajstić information content (AvgIpc) is 2.48. The number of guanidine groups is 1. The number of halogens is 1. The molecule has 0 aromatic heterocycles. The Morgan fingerprint density at radius 3 is 2.18 bits per heavy atom. The van der Waals surface area contributed by atoms with Gasteiger partial charge in [0, 0.05) is 11.3 Å². The van der Waals surface area contributed by atoms with E-state index in [1.54, 1.807) is 12.1 Å². The Labute approximate surface area is 135 Å². The number of nitrogens with two attached hydrogens (primary N) is 2. The van der Waals surface area contributed by atoms with Gasteiger partial charge in [0.15, 0.2) is 5.96 Å². The van der Waals surface area contributed by atoms with Gasteiger partial charge in [0.05, 0.1) is 6.54 Å². The molecule has 6 heteroatoms. The van der Waals surface area contributed by atoms with Crippen molar-refractivity contribution in [1.82, 2.24) is 0 Å². The van der Waals surface area contributed by atoms with Crippen molar-refractivity contribution in [2.75, 3.05) is 5.32 Å². The lowest BCUT2D eigenvalue weighted by molar-refractivity contribution is 0.102. The molecule has 0 unspecified atom stereocenters. The van der Waals surface area contributed by atoms with E-state index in [1.807, 2.05) is 43.3 Å². The summed E-state index contributed by atoms with van der Waals surface area (Å²) >= 11 is 0. The second kappa shape index (κ2) is 8.05. The van der Waals surface area contributed by atoms with Crippen LogP contribution in [0.1, 0.15) is 21.5 Å². The summed E-state index contributed by atoms with van der Waals surface area (Å²) in [6.07, 6.45) is 0. The maximum atomic E-state index is 12.1. The predicted octanol–water partition coefficient (Wildman–Crippen LogP) is 2.44. The van der Waals surface area contributed by atoms with Crippen LogP contribution in [-0.2, 0) is 6.54 Å². The summed E-state index contributed by atoms with van der Waals surface area (Å²) in [6.45, 7) is 2.41. The molecule has 0 fully saturated rings. The number of nitrogens with one attached hydrogen (secondary N) is 1. The van der Waals surface area contributed by atoms with E-state index in [0.717, 1.165) is 16.8 Å². The van der Waals surface area contributed by atoms with Gasteiger partial charge in [0.2, 0.25) is 0 Å². The fourth-order valence-electron chi connectivity index (χ4n) is 1.78. The third-order valence-corrected chi connectivity index (χ3v) is 2.97. The molecule has 5 nitrogen and oxygen atoms in total. The van der Waals surface area contributed by atoms with Gasteiger partial charge in [0.1, 0.15) is 0 Å². The second-order valence-corrected chi connectivity index (χ2v) is 4.76. The minimum atomic E-state index is -0.146. The molecule has 2 rings (SSSR count). The number of anilines is 1. The van der Waals surface area contributed by atoms with E-state index in [-0.39, 0.29) is 24.3 Å². The molecular formula is C16H19ClN4O. The van der Waals surface area contributed by atoms with E-state index in [9.17, 15) is 4.79 Å². The van der Waals surface area contributed by atoms with Gasteiger partial charge in [-0.15, -0.1) is 12.4 Å². The molecule has 0 aliphatic carbocycles. The van der Waals surface area contributed by atoms with Crippen LogP contribution in [0.4, 0.5) is 5.69 Å². The summed E-state index contributed by atoms with van der Waals surface area (Å²) < 4.78 is 0. The van der Waals surface area contributed by atoms with E-state index < -0.39 is 0 Å². The quantitative estimate of drug-likeness (QED) is 0.597. The first kappa shape index (κ1) is 17.5. The summed E-state index contributed by atoms with van der Waals surface area (Å²) in [7, 11) is 0. The summed E-state index contributed by atoms with van der Waals surface area (Å²) in [6, 6.07) is 14.8. The number of hydrogen-bond donors (Lipinski definition) is 3. The smallest absolute Gasteiger partial charge is 0.255 e. The van der Waals surface area contributed by atoms with Crippen molar-refractivity contribution in [2.24, 2.45) is 16.5 Å². The van der Waals surface area contributed by atoms with Gasteiger partial charge in [-0.05, 0) is 36.8 Å². The number of nitrogens with zero attached hydrogens (tertiary/aromatic N) is 1. The van der Waals surface area contributed by atoms with E-state index in [0.29, 0.717) is 12.1 Å². The third kappa shape index (κ3) is 5.10. The van der Waals surface area contributed by atoms with Gasteiger partial charge in [-0.2, -0.15) is 0 Å². The predicted molar refractivity (Wildman–Crippen MR) is 92.3 cm³/mol. The first-order valence-electron chi connectivity index (χ1n) is 6.57. The Morgan fingerprint density at radius 2 is 1.64 bits per heavy atom. The van der Waals surface area contributed by atoms with Crippen molar-refractivity contribution in [1.29, 1.82) is 0 Å². The van der Waals surface area contributed by atoms with Gasteiger partial charge in [-0.3, -0.25) is 4.79 Å². The monoisotopic (exact) mass is 318 g/mol. The molecule has 0 atom stereocenters. The van der Waals surface area contributed by atoms with Crippen molar-refractivity contribution in [2.45, 2.75) is 13.5 Å². The van der Waals surface area contributed by atoms with Gasteiger partial charge in [-0.25, -0.2) is 4.99 Å². The molecule has 1 amide bonds. The largest absolute Gasteiger partial charge is 0.370 e. The molecule has 0 bridgehead atoms. The van der Waals surface area contributed by atoms with Crippen LogP contribution in [0.15, 0.2) is 53.5 Å². The highest BCUT2D eigenvalue weighted by Crippen LogP contribution is 2.12. The fraction of sp³-hybridized carbons (Fsp3) is 0.125. The Morgan fingerprint density at radius 1 is 1.05 bits per heavy atom. The highest BCUT2D eigenvalue weighted by Gasteiger charge is 2.05. The Hall–Kier alpha value is -2.53. The Kier molecular flexibility index (Phi) is 6.41. The highest BCUT2D eigenvalue weighted by molar-refractivity contribution is 6.04. The zero-order valence-electron chi connectivity index (χ0n) is 12.2. The van der Waals surface area contributed by atoms with Crippen LogP contribution < -0.4 is 16.8 Å². The minimum Gasteiger partial charge on any atom is -0.370 e. The highest BCUT2D eigenvalue weighted by atomic mass is 35.5. The number of carbonyl (C=O) groups excluding carboxylic acids is 1. The van der Waals surface area contributed by atoms with E-state index in [4.69, 9.17) is 11.5 Å². The van der Waals surface area contributed by atoms with Gasteiger partial charge in [-0.1, -0.05) is 29.8 Å². The summed E-state index contributed by atoms with van der Waals surface area (Å²) in [5, 5.41) is 2.85. The molecule has 116 valence electrons. The van der Waals surface area contributed by atoms with E-state index in [2.05, 4.69) is 10.3 Å². The molecule has 5 N–H and O–H groups in total. The van der Waals surface area contributed by atoms with Crippen LogP contribution in [0, 0.1) is 6.92 Å². The second-order valence-electron chi connectivity index (χ2n) is 4.76. The topological polar surface area (TPSA) is 93.5 Å². The van der Waals surface area contributed by atoms with Crippen molar-refractivity contribution < 1.29 is 4.79 Å². The maximum absolute atomic E-state index is 12.1. The zero-order valence-corrected chi connectivity index (χ0v) is 13.1. The van der Waals surface area contributed by atoms with Crippen LogP contribution in [0.2, 0.25) is 0 Å². The summed E-state index contributed by atoms with van der Waals surface area (Å²) in [4.78, 5) is 16.0. The number of benzene rings is 2. The average molecular weight is 319 g/mol. The van der Waals surface area contributed by atoms with Crippen LogP contribution in [0.3, 0.4) is 0 Å². The Balaban J connectivity index is 0.00000242. The number of aliphatic imine (C=N–C) groups is 1. The summed E-state index contributed by atoms with van der Waals surface area (Å²) in [5.41, 5.74) is 14.0. The molecule has 22 heavy (non-hydrogen) atoms. The van der Waals surface area contributed by atoms with E-state index >= 15 is 0 Å². The van der Waals surface area contributed by atoms with Crippen LogP contribution in [0.25, 0.3) is 0 Å². The molecule has 0 aliphatic rings. The lowest BCUT2D eigenvalue weighted by atomic mass is 10.1. The lowest BCUT2D eigenvalue weighted by Crippen LogP contribution is -2.22. The van der Waals surface area contributed by atoms with Crippen LogP contribution in [-0.4, -0.2) is 11.9 Å². The van der Waals surface area contributed by atoms with E-state index in [1.165, 1.54) is 0 Å². The molecule has 2 aromatic rings. The molecule has 0 heterocycles. The van der Waals surface area contributed by atoms with Crippen molar-refractivity contribution in [3.63, 3.8) is 0 Å². The maximum Gasteiger partial charge on any atom is 0.255 e. The molecule has 0 saturated carbocycles. The van der Waals surface area contributed by atoms with Gasteiger partial charge < -0.3 is 16.8 Å². The van der Waals surface area contributed by atoms with Crippen molar-refractivity contribution in [3.05, 3.63) is 65.2 Å². The normalized spacial score (nSPS) is 9.50. The van der Waals surface area contributed by atoms with Crippen molar-refractivity contribution >= 4 is 30.0 Å². The Bertz CT molecular complexity index is 647. The molecule has 0 radical (unpaired) electrons. The number of carbonyl (C=O) groups is 1. The van der Waals surface area contributed by atoms with Crippen LogP contribution >= 0.6 is 12.4 Å². The standard InChI is InChI=1S/C16H18N4O.ClH/c1-11-2-8-14(9-3-11)20-15(21)13-6-4-12(5-7-13)10-19-16(17)18;/h2-9H,10H2,1H3,(H,20,21)(H4,17,18,19);1H. The molecule has 0 saturated heterocycles. The summed E-state index contributed by atoms with van der Waals surface area (Å²) in [5.74, 6) is -0.0940. The number of rotatable bonds is 4. The van der Waals surface area contributed by atoms with Crippen molar-refractivity contribution in [3.8, 4) is 0 Å². The number of amides is 1. The molecular weight excluding hydrogens is 300 g/mol. The first-order chi connectivity index (χ1) is 10.0. The lowest BCUT2D eigenvalue weighted by Gasteiger charge is -2.06. The third-order valence-electron chi connectivity index (χ3n) is 2.97. The first-order valence-corrected chi connectivity index (χ1v) is 6.57. The molecule has 0 spiro atoms. The minimum absolute atomic E-state index is 0. The molecule has 2 aromatic carbocycles. The van der Waals surface area contributed by atoms with Gasteiger partial charge >= 0.3 is 0 Å². The number of hydrogen-bond acceptors (Lipinski definition) is 2. The zero-order chi connectivity index (χ0) is 15.2. The molecule has 0 aliphatic heterocycles. The van der Waals surface area contributed by atoms with Gasteiger partial charge in [0.25, 0.3) is 5.91 Å². The van der Waals surface area contributed by atoms with Crippen LogP contribution in [0.5, 0.6) is 0 Å². The number of aryl methyl sites for hydroxylation is 1.